The molecule has 0 aromatic carbocycles. The summed E-state index contributed by atoms with van der Waals surface area (Å²) in [5, 5.41) is 7.50. The van der Waals surface area contributed by atoms with Gasteiger partial charge in [0.25, 0.3) is 0 Å². The van der Waals surface area contributed by atoms with E-state index in [1.807, 2.05) is 6.20 Å². The molecule has 2 aliphatic rings. The lowest BCUT2D eigenvalue weighted by atomic mass is 9.74. The Morgan fingerprint density at radius 1 is 1.35 bits per heavy atom. The summed E-state index contributed by atoms with van der Waals surface area (Å²) in [5.41, 5.74) is 8.51. The largest absolute Gasteiger partial charge is 0.382 e. The van der Waals surface area contributed by atoms with Gasteiger partial charge in [-0.05, 0) is 6.07 Å². The van der Waals surface area contributed by atoms with Gasteiger partial charge in [-0.15, -0.1) is 0 Å². The maximum absolute atomic E-state index is 5.92. The van der Waals surface area contributed by atoms with E-state index in [1.54, 1.807) is 4.52 Å². The molecule has 0 unspecified atom stereocenters. The molecule has 0 atom stereocenters. The minimum absolute atomic E-state index is 0.513. The summed E-state index contributed by atoms with van der Waals surface area (Å²) in [4.78, 5) is 6.42. The highest BCUT2D eigenvalue weighted by Gasteiger charge is 2.48. The Hall–Kier alpha value is -1.82. The van der Waals surface area contributed by atoms with Crippen LogP contribution in [0, 0.1) is 5.41 Å². The van der Waals surface area contributed by atoms with E-state index >= 15 is 0 Å². The zero-order valence-corrected chi connectivity index (χ0v) is 9.43. The van der Waals surface area contributed by atoms with Crippen LogP contribution in [0.15, 0.2) is 18.6 Å². The smallest absolute Gasteiger partial charge is 0.153 e. The van der Waals surface area contributed by atoms with Crippen molar-refractivity contribution in [1.29, 1.82) is 0 Å². The molecule has 2 fully saturated rings. The maximum Gasteiger partial charge on any atom is 0.153 e. The minimum atomic E-state index is 0.513. The Kier molecular flexibility index (Phi) is 1.57. The fourth-order valence-electron chi connectivity index (χ4n) is 2.85. The quantitative estimate of drug-likeness (QED) is 0.705. The number of nitrogens with zero attached hydrogens (tertiary/aromatic N) is 4. The Morgan fingerprint density at radius 3 is 2.88 bits per heavy atom. The van der Waals surface area contributed by atoms with Crippen LogP contribution in [0.2, 0.25) is 0 Å². The lowest BCUT2D eigenvalue weighted by Crippen LogP contribution is -2.71. The highest BCUT2D eigenvalue weighted by molar-refractivity contribution is 5.83. The minimum Gasteiger partial charge on any atom is -0.382 e. The second kappa shape index (κ2) is 2.89. The number of hydrogen-bond acceptors (Lipinski definition) is 5. The Morgan fingerprint density at radius 2 is 2.18 bits per heavy atom. The van der Waals surface area contributed by atoms with Crippen molar-refractivity contribution in [3.05, 3.63) is 18.6 Å². The van der Waals surface area contributed by atoms with Crippen LogP contribution in [0.5, 0.6) is 0 Å². The Labute approximate surface area is 98.4 Å². The van der Waals surface area contributed by atoms with E-state index in [1.165, 1.54) is 6.33 Å². The van der Waals surface area contributed by atoms with Gasteiger partial charge in [0.2, 0.25) is 0 Å². The van der Waals surface area contributed by atoms with Crippen molar-refractivity contribution in [3.8, 4) is 0 Å². The number of rotatable bonds is 1. The second-order valence-corrected chi connectivity index (χ2v) is 5.10. The van der Waals surface area contributed by atoms with E-state index in [0.29, 0.717) is 11.2 Å². The third kappa shape index (κ3) is 1.13. The van der Waals surface area contributed by atoms with Gasteiger partial charge < -0.3 is 16.0 Å². The molecule has 1 spiro atoms. The standard InChI is InChI=1S/C11H14N6/c12-10-9-8(1-2-17(9)15-7-14-10)16-5-11(6-16)3-13-4-11/h1-2,7,13H,3-6H2,(H2,12,14,15). The summed E-state index contributed by atoms with van der Waals surface area (Å²) in [6.45, 7) is 4.49. The number of nitrogens with one attached hydrogen (secondary N) is 1. The number of aromatic nitrogens is 3. The van der Waals surface area contributed by atoms with Gasteiger partial charge in [0.05, 0.1) is 5.69 Å². The molecule has 88 valence electrons. The average Bonchev–Trinajstić information content (AvgIpc) is 2.59. The molecule has 0 amide bonds. The molecule has 0 saturated carbocycles. The molecule has 6 heteroatoms. The van der Waals surface area contributed by atoms with Crippen molar-refractivity contribution < 1.29 is 0 Å². The number of nitrogen functional groups attached to an aromatic ring is 1. The maximum atomic E-state index is 5.92. The van der Waals surface area contributed by atoms with Gasteiger partial charge in [0.15, 0.2) is 5.82 Å². The highest BCUT2D eigenvalue weighted by Crippen LogP contribution is 2.39. The predicted octanol–water partition coefficient (Wildman–Crippen LogP) is -0.279. The van der Waals surface area contributed by atoms with Gasteiger partial charge in [-0.2, -0.15) is 5.10 Å². The third-order valence-electron chi connectivity index (χ3n) is 3.85. The molecule has 0 aliphatic carbocycles. The van der Waals surface area contributed by atoms with Gasteiger partial charge in [-0.25, -0.2) is 9.50 Å². The van der Waals surface area contributed by atoms with E-state index in [2.05, 4.69) is 26.4 Å². The molecule has 2 aliphatic heterocycles. The molecule has 4 heterocycles. The van der Waals surface area contributed by atoms with Crippen LogP contribution in [-0.4, -0.2) is 40.8 Å². The highest BCUT2D eigenvalue weighted by atomic mass is 15.3. The number of nitrogens with two attached hydrogens (primary N) is 1. The molecule has 2 aromatic rings. The molecule has 0 radical (unpaired) electrons. The third-order valence-corrected chi connectivity index (χ3v) is 3.85. The Balaban J connectivity index is 1.72. The van der Waals surface area contributed by atoms with E-state index in [-0.39, 0.29) is 0 Å². The first-order chi connectivity index (χ1) is 8.27. The number of anilines is 2. The van der Waals surface area contributed by atoms with Crippen LogP contribution >= 0.6 is 0 Å². The molecular formula is C11H14N6. The van der Waals surface area contributed by atoms with Crippen LogP contribution in [0.3, 0.4) is 0 Å². The predicted molar refractivity (Wildman–Crippen MR) is 64.9 cm³/mol. The van der Waals surface area contributed by atoms with Gasteiger partial charge in [-0.3, -0.25) is 0 Å². The van der Waals surface area contributed by atoms with Crippen molar-refractivity contribution in [3.63, 3.8) is 0 Å². The molecule has 3 N–H and O–H groups in total. The van der Waals surface area contributed by atoms with Crippen molar-refractivity contribution >= 4 is 17.0 Å². The topological polar surface area (TPSA) is 71.5 Å². The molecule has 2 aromatic heterocycles. The number of hydrogen-bond donors (Lipinski definition) is 2. The Bertz CT molecular complexity index is 577. The molecule has 17 heavy (non-hydrogen) atoms. The first-order valence-electron chi connectivity index (χ1n) is 5.81. The lowest BCUT2D eigenvalue weighted by molar-refractivity contribution is 0.121. The van der Waals surface area contributed by atoms with Gasteiger partial charge >= 0.3 is 0 Å². The summed E-state index contributed by atoms with van der Waals surface area (Å²) in [6, 6.07) is 2.07. The van der Waals surface area contributed by atoms with E-state index in [9.17, 15) is 0 Å². The molecule has 2 saturated heterocycles. The SMILES string of the molecule is Nc1ncnn2ccc(N3CC4(CNC4)C3)c12. The van der Waals surface area contributed by atoms with Crippen LogP contribution in [0.1, 0.15) is 0 Å². The number of fused-ring (bicyclic) bond motifs is 1. The molecule has 4 rings (SSSR count). The normalized spacial score (nSPS) is 21.5. The monoisotopic (exact) mass is 230 g/mol. The van der Waals surface area contributed by atoms with Gasteiger partial charge in [0, 0.05) is 37.8 Å². The summed E-state index contributed by atoms with van der Waals surface area (Å²) in [6.07, 6.45) is 3.42. The zero-order valence-electron chi connectivity index (χ0n) is 9.43. The van der Waals surface area contributed by atoms with Crippen molar-refractivity contribution in [2.75, 3.05) is 36.8 Å². The van der Waals surface area contributed by atoms with Crippen LogP contribution in [-0.2, 0) is 0 Å². The van der Waals surface area contributed by atoms with Gasteiger partial charge in [-0.1, -0.05) is 0 Å². The zero-order chi connectivity index (χ0) is 11.5. The van der Waals surface area contributed by atoms with Crippen molar-refractivity contribution in [1.82, 2.24) is 19.9 Å². The lowest BCUT2D eigenvalue weighted by Gasteiger charge is -2.56. The summed E-state index contributed by atoms with van der Waals surface area (Å²) >= 11 is 0. The average molecular weight is 230 g/mol. The summed E-state index contributed by atoms with van der Waals surface area (Å²) in [7, 11) is 0. The van der Waals surface area contributed by atoms with Gasteiger partial charge in [0.1, 0.15) is 11.8 Å². The van der Waals surface area contributed by atoms with Crippen LogP contribution in [0.25, 0.3) is 5.52 Å². The van der Waals surface area contributed by atoms with E-state index < -0.39 is 0 Å². The first-order valence-corrected chi connectivity index (χ1v) is 5.81. The van der Waals surface area contributed by atoms with Crippen molar-refractivity contribution in [2.24, 2.45) is 5.41 Å². The molecule has 6 nitrogen and oxygen atoms in total. The fraction of sp³-hybridized carbons (Fsp3) is 0.455. The summed E-state index contributed by atoms with van der Waals surface area (Å²) < 4.78 is 1.79. The fourth-order valence-corrected chi connectivity index (χ4v) is 2.85. The molecular weight excluding hydrogens is 216 g/mol. The van der Waals surface area contributed by atoms with Crippen molar-refractivity contribution in [2.45, 2.75) is 0 Å². The summed E-state index contributed by atoms with van der Waals surface area (Å²) in [5.74, 6) is 0.549. The van der Waals surface area contributed by atoms with Crippen LogP contribution in [0.4, 0.5) is 11.5 Å². The van der Waals surface area contributed by atoms with Crippen LogP contribution < -0.4 is 16.0 Å². The first kappa shape index (κ1) is 9.23. The molecule has 0 bridgehead atoms. The van der Waals surface area contributed by atoms with E-state index in [0.717, 1.165) is 37.4 Å². The van der Waals surface area contributed by atoms with E-state index in [4.69, 9.17) is 5.73 Å². The second-order valence-electron chi connectivity index (χ2n) is 5.10.